The van der Waals surface area contributed by atoms with Crippen molar-refractivity contribution in [3.05, 3.63) is 51.7 Å². The van der Waals surface area contributed by atoms with E-state index in [9.17, 15) is 13.6 Å². The molecule has 0 saturated carbocycles. The Hall–Kier alpha value is -2.23. The largest absolute Gasteiger partial charge is 0.384 e. The summed E-state index contributed by atoms with van der Waals surface area (Å²) in [6.45, 7) is -0.278. The van der Waals surface area contributed by atoms with Gasteiger partial charge in [-0.15, -0.1) is 11.3 Å². The van der Waals surface area contributed by atoms with E-state index in [0.29, 0.717) is 4.88 Å². The number of para-hydroxylation sites is 1. The zero-order valence-electron chi connectivity index (χ0n) is 10.1. The van der Waals surface area contributed by atoms with E-state index in [4.69, 9.17) is 5.11 Å². The molecule has 0 radical (unpaired) electrons. The third-order valence-electron chi connectivity index (χ3n) is 2.32. The minimum Gasteiger partial charge on any atom is -0.384 e. The number of carbonyl (C=O) groups is 1. The smallest absolute Gasteiger partial charge is 0.265 e. The van der Waals surface area contributed by atoms with Crippen LogP contribution in [0, 0.1) is 23.5 Å². The number of hydrogen-bond donors (Lipinski definition) is 2. The standard InChI is InChI=1S/C14H9F2NO2S/c15-10-4-1-5-11(16)13(10)17-14(19)12-7-6-9(20-12)3-2-8-18/h1,4-7,18H,8H2,(H,17,19). The van der Waals surface area contributed by atoms with Crippen LogP contribution in [0.2, 0.25) is 0 Å². The summed E-state index contributed by atoms with van der Waals surface area (Å²) in [6.07, 6.45) is 0. The molecule has 1 heterocycles. The predicted octanol–water partition coefficient (Wildman–Crippen LogP) is 2.62. The molecule has 0 spiro atoms. The molecule has 1 aromatic carbocycles. The van der Waals surface area contributed by atoms with E-state index in [1.54, 1.807) is 6.07 Å². The topological polar surface area (TPSA) is 49.3 Å². The first kappa shape index (κ1) is 14.2. The summed E-state index contributed by atoms with van der Waals surface area (Å²) in [5.74, 6) is 2.81. The molecule has 6 heteroatoms. The van der Waals surface area contributed by atoms with Crippen LogP contribution in [0.3, 0.4) is 0 Å². The molecule has 0 aliphatic rings. The number of aliphatic hydroxyl groups excluding tert-OH is 1. The van der Waals surface area contributed by atoms with Gasteiger partial charge in [0.2, 0.25) is 0 Å². The Balaban J connectivity index is 2.18. The Morgan fingerprint density at radius 3 is 2.60 bits per heavy atom. The molecule has 1 amide bonds. The number of anilines is 1. The van der Waals surface area contributed by atoms with Crippen LogP contribution in [0.5, 0.6) is 0 Å². The van der Waals surface area contributed by atoms with Crippen molar-refractivity contribution in [3.63, 3.8) is 0 Å². The quantitative estimate of drug-likeness (QED) is 0.836. The highest BCUT2D eigenvalue weighted by Gasteiger charge is 2.14. The number of halogens is 2. The van der Waals surface area contributed by atoms with Crippen LogP contribution >= 0.6 is 11.3 Å². The summed E-state index contributed by atoms with van der Waals surface area (Å²) in [4.78, 5) is 12.7. The molecule has 102 valence electrons. The van der Waals surface area contributed by atoms with Crippen molar-refractivity contribution in [2.75, 3.05) is 11.9 Å². The minimum absolute atomic E-state index is 0.273. The Labute approximate surface area is 117 Å². The van der Waals surface area contributed by atoms with E-state index in [-0.39, 0.29) is 11.5 Å². The molecule has 0 fully saturated rings. The van der Waals surface area contributed by atoms with Crippen molar-refractivity contribution in [3.8, 4) is 11.8 Å². The van der Waals surface area contributed by atoms with Gasteiger partial charge in [-0.1, -0.05) is 17.9 Å². The molecule has 2 N–H and O–H groups in total. The molecule has 2 aromatic rings. The maximum absolute atomic E-state index is 13.4. The summed E-state index contributed by atoms with van der Waals surface area (Å²) in [5, 5.41) is 10.8. The van der Waals surface area contributed by atoms with Crippen molar-refractivity contribution in [1.29, 1.82) is 0 Å². The zero-order chi connectivity index (χ0) is 14.5. The fraction of sp³-hybridized carbons (Fsp3) is 0.0714. The van der Waals surface area contributed by atoms with E-state index in [1.807, 2.05) is 0 Å². The number of carbonyl (C=O) groups excluding carboxylic acids is 1. The second kappa shape index (κ2) is 6.28. The van der Waals surface area contributed by atoms with Gasteiger partial charge in [-0.05, 0) is 24.3 Å². The molecule has 1 aromatic heterocycles. The van der Waals surface area contributed by atoms with Gasteiger partial charge in [0.25, 0.3) is 5.91 Å². The van der Waals surface area contributed by atoms with Crippen LogP contribution in [-0.2, 0) is 0 Å². The summed E-state index contributed by atoms with van der Waals surface area (Å²) >= 11 is 1.07. The molecular formula is C14H9F2NO2S. The number of benzene rings is 1. The van der Waals surface area contributed by atoms with Gasteiger partial charge in [-0.25, -0.2) is 8.78 Å². The fourth-order valence-electron chi connectivity index (χ4n) is 1.45. The van der Waals surface area contributed by atoms with Crippen LogP contribution in [0.25, 0.3) is 0 Å². The Bertz CT molecular complexity index is 680. The van der Waals surface area contributed by atoms with Crippen LogP contribution in [-0.4, -0.2) is 17.6 Å². The van der Waals surface area contributed by atoms with Crippen molar-refractivity contribution < 1.29 is 18.7 Å². The number of nitrogens with one attached hydrogen (secondary N) is 1. The summed E-state index contributed by atoms with van der Waals surface area (Å²) in [7, 11) is 0. The highest BCUT2D eigenvalue weighted by atomic mass is 32.1. The highest BCUT2D eigenvalue weighted by Crippen LogP contribution is 2.21. The molecular weight excluding hydrogens is 284 g/mol. The molecule has 0 atom stereocenters. The molecule has 3 nitrogen and oxygen atoms in total. The van der Waals surface area contributed by atoms with E-state index < -0.39 is 23.2 Å². The fourth-order valence-corrected chi connectivity index (χ4v) is 2.22. The number of amides is 1. The average molecular weight is 293 g/mol. The lowest BCUT2D eigenvalue weighted by molar-refractivity contribution is 0.102. The Morgan fingerprint density at radius 2 is 1.95 bits per heavy atom. The van der Waals surface area contributed by atoms with Crippen LogP contribution in [0.15, 0.2) is 30.3 Å². The summed E-state index contributed by atoms with van der Waals surface area (Å²) in [6, 6.07) is 6.44. The predicted molar refractivity (Wildman–Crippen MR) is 72.6 cm³/mol. The van der Waals surface area contributed by atoms with Gasteiger partial charge in [-0.3, -0.25) is 4.79 Å². The molecule has 0 aliphatic heterocycles. The van der Waals surface area contributed by atoms with Gasteiger partial charge < -0.3 is 10.4 Å². The summed E-state index contributed by atoms with van der Waals surface area (Å²) in [5.41, 5.74) is -0.478. The van der Waals surface area contributed by atoms with Crippen LogP contribution in [0.1, 0.15) is 14.5 Å². The number of thiophene rings is 1. The van der Waals surface area contributed by atoms with Crippen molar-refractivity contribution in [2.45, 2.75) is 0 Å². The van der Waals surface area contributed by atoms with E-state index in [2.05, 4.69) is 17.2 Å². The van der Waals surface area contributed by atoms with Gasteiger partial charge in [0, 0.05) is 0 Å². The highest BCUT2D eigenvalue weighted by molar-refractivity contribution is 7.14. The van der Waals surface area contributed by atoms with Gasteiger partial charge in [-0.2, -0.15) is 0 Å². The van der Waals surface area contributed by atoms with Crippen LogP contribution < -0.4 is 5.32 Å². The molecule has 0 unspecified atom stereocenters. The normalized spacial score (nSPS) is 9.75. The Morgan fingerprint density at radius 1 is 1.25 bits per heavy atom. The molecule has 20 heavy (non-hydrogen) atoms. The second-order valence-corrected chi connectivity index (χ2v) is 4.76. The van der Waals surface area contributed by atoms with Gasteiger partial charge in [0.05, 0.1) is 9.75 Å². The maximum atomic E-state index is 13.4. The molecule has 0 saturated heterocycles. The first-order chi connectivity index (χ1) is 9.61. The lowest BCUT2D eigenvalue weighted by atomic mass is 10.3. The molecule has 0 bridgehead atoms. The lowest BCUT2D eigenvalue weighted by Crippen LogP contribution is -2.12. The lowest BCUT2D eigenvalue weighted by Gasteiger charge is -2.05. The molecule has 2 rings (SSSR count). The monoisotopic (exact) mass is 293 g/mol. The third kappa shape index (κ3) is 3.20. The Kier molecular flexibility index (Phi) is 4.45. The second-order valence-electron chi connectivity index (χ2n) is 3.67. The molecule has 0 aliphatic carbocycles. The first-order valence-corrected chi connectivity index (χ1v) is 6.38. The first-order valence-electron chi connectivity index (χ1n) is 5.56. The van der Waals surface area contributed by atoms with Crippen molar-refractivity contribution in [2.24, 2.45) is 0 Å². The van der Waals surface area contributed by atoms with Gasteiger partial charge in [0.15, 0.2) is 0 Å². The number of hydrogen-bond acceptors (Lipinski definition) is 3. The van der Waals surface area contributed by atoms with E-state index in [1.165, 1.54) is 12.1 Å². The zero-order valence-corrected chi connectivity index (χ0v) is 10.9. The van der Waals surface area contributed by atoms with Gasteiger partial charge >= 0.3 is 0 Å². The van der Waals surface area contributed by atoms with Crippen molar-refractivity contribution >= 4 is 22.9 Å². The van der Waals surface area contributed by atoms with E-state index in [0.717, 1.165) is 23.5 Å². The minimum atomic E-state index is -0.838. The van der Waals surface area contributed by atoms with Crippen LogP contribution in [0.4, 0.5) is 14.5 Å². The average Bonchev–Trinajstić information content (AvgIpc) is 2.89. The van der Waals surface area contributed by atoms with Gasteiger partial charge in [0.1, 0.15) is 23.9 Å². The number of aliphatic hydroxyl groups is 1. The van der Waals surface area contributed by atoms with E-state index >= 15 is 0 Å². The number of rotatable bonds is 2. The maximum Gasteiger partial charge on any atom is 0.265 e. The SMILES string of the molecule is O=C(Nc1c(F)cccc1F)c1ccc(C#CCO)s1. The third-order valence-corrected chi connectivity index (χ3v) is 3.32. The van der Waals surface area contributed by atoms with Crippen molar-refractivity contribution in [1.82, 2.24) is 0 Å². The summed E-state index contributed by atoms with van der Waals surface area (Å²) < 4.78 is 26.8.